The fraction of sp³-hybridized carbons (Fsp3) is 0.238. The van der Waals surface area contributed by atoms with E-state index >= 15 is 0 Å². The van der Waals surface area contributed by atoms with Crippen LogP contribution in [0.5, 0.6) is 0 Å². The number of benzene rings is 2. The van der Waals surface area contributed by atoms with Crippen LogP contribution < -0.4 is 10.6 Å². The van der Waals surface area contributed by atoms with Gasteiger partial charge in [0.05, 0.1) is 18.3 Å². The standard InChI is InChI=1S/C21H23F2N5/c1-3-24-21(27-15(2)17-8-9-19(22)20(23)13-17)25-14-16-6-4-7-18(12-16)28-11-5-10-26-28/h4-13,15H,3,14H2,1-2H3,(H2,24,25,27). The molecule has 3 aromatic rings. The van der Waals surface area contributed by atoms with Crippen molar-refractivity contribution in [2.24, 2.45) is 4.99 Å². The Hall–Kier alpha value is -3.22. The van der Waals surface area contributed by atoms with Crippen molar-refractivity contribution >= 4 is 5.96 Å². The van der Waals surface area contributed by atoms with Crippen molar-refractivity contribution in [1.82, 2.24) is 20.4 Å². The van der Waals surface area contributed by atoms with Crippen molar-refractivity contribution in [3.8, 4) is 5.69 Å². The van der Waals surface area contributed by atoms with Gasteiger partial charge in [0.15, 0.2) is 17.6 Å². The summed E-state index contributed by atoms with van der Waals surface area (Å²) in [5, 5.41) is 10.6. The van der Waals surface area contributed by atoms with Gasteiger partial charge in [-0.25, -0.2) is 18.5 Å². The Balaban J connectivity index is 1.72. The van der Waals surface area contributed by atoms with Crippen LogP contribution in [-0.4, -0.2) is 22.3 Å². The smallest absolute Gasteiger partial charge is 0.192 e. The Morgan fingerprint density at radius 3 is 2.71 bits per heavy atom. The first-order valence-electron chi connectivity index (χ1n) is 9.15. The first-order valence-corrected chi connectivity index (χ1v) is 9.15. The maximum Gasteiger partial charge on any atom is 0.192 e. The second kappa shape index (κ2) is 9.12. The molecular formula is C21H23F2N5. The summed E-state index contributed by atoms with van der Waals surface area (Å²) in [5.74, 6) is -1.11. The molecule has 2 N–H and O–H groups in total. The summed E-state index contributed by atoms with van der Waals surface area (Å²) >= 11 is 0. The molecule has 1 heterocycles. The molecule has 0 radical (unpaired) electrons. The molecule has 0 spiro atoms. The second-order valence-electron chi connectivity index (χ2n) is 6.36. The fourth-order valence-electron chi connectivity index (χ4n) is 2.78. The predicted octanol–water partition coefficient (Wildman–Crippen LogP) is 3.97. The van der Waals surface area contributed by atoms with Gasteiger partial charge in [-0.15, -0.1) is 0 Å². The Morgan fingerprint density at radius 2 is 2.00 bits per heavy atom. The van der Waals surface area contributed by atoms with Gasteiger partial charge < -0.3 is 10.6 Å². The van der Waals surface area contributed by atoms with E-state index in [1.807, 2.05) is 50.4 Å². The van der Waals surface area contributed by atoms with Gasteiger partial charge in [0.2, 0.25) is 0 Å². The van der Waals surface area contributed by atoms with Gasteiger partial charge in [-0.3, -0.25) is 0 Å². The highest BCUT2D eigenvalue weighted by molar-refractivity contribution is 5.80. The fourth-order valence-corrected chi connectivity index (χ4v) is 2.78. The van der Waals surface area contributed by atoms with Crippen LogP contribution >= 0.6 is 0 Å². The third kappa shape index (κ3) is 4.94. The van der Waals surface area contributed by atoms with Crippen molar-refractivity contribution in [3.63, 3.8) is 0 Å². The minimum atomic E-state index is -0.858. The lowest BCUT2D eigenvalue weighted by atomic mass is 10.1. The number of rotatable bonds is 6. The topological polar surface area (TPSA) is 54.2 Å². The lowest BCUT2D eigenvalue weighted by Gasteiger charge is -2.18. The highest BCUT2D eigenvalue weighted by Crippen LogP contribution is 2.16. The first-order chi connectivity index (χ1) is 13.6. The molecule has 146 valence electrons. The molecule has 2 aromatic carbocycles. The molecule has 0 saturated heterocycles. The SMILES string of the molecule is CCNC(=NCc1cccc(-n2cccn2)c1)NC(C)c1ccc(F)c(F)c1. The van der Waals surface area contributed by atoms with Crippen molar-refractivity contribution in [1.29, 1.82) is 0 Å². The third-order valence-electron chi connectivity index (χ3n) is 4.24. The van der Waals surface area contributed by atoms with E-state index in [0.29, 0.717) is 24.6 Å². The van der Waals surface area contributed by atoms with Crippen molar-refractivity contribution in [2.75, 3.05) is 6.54 Å². The molecule has 0 aliphatic heterocycles. The normalized spacial score (nSPS) is 12.6. The molecule has 0 saturated carbocycles. The van der Waals surface area contributed by atoms with Gasteiger partial charge in [0, 0.05) is 18.9 Å². The zero-order valence-electron chi connectivity index (χ0n) is 15.9. The van der Waals surface area contributed by atoms with E-state index in [9.17, 15) is 8.78 Å². The van der Waals surface area contributed by atoms with Crippen LogP contribution in [0.25, 0.3) is 5.69 Å². The summed E-state index contributed by atoms with van der Waals surface area (Å²) in [7, 11) is 0. The van der Waals surface area contributed by atoms with Gasteiger partial charge in [-0.2, -0.15) is 5.10 Å². The van der Waals surface area contributed by atoms with E-state index in [-0.39, 0.29) is 6.04 Å². The van der Waals surface area contributed by atoms with Crippen molar-refractivity contribution in [2.45, 2.75) is 26.4 Å². The van der Waals surface area contributed by atoms with Crippen LogP contribution in [0.1, 0.15) is 31.0 Å². The van der Waals surface area contributed by atoms with E-state index in [1.165, 1.54) is 6.07 Å². The lowest BCUT2D eigenvalue weighted by molar-refractivity contribution is 0.504. The maximum atomic E-state index is 13.5. The summed E-state index contributed by atoms with van der Waals surface area (Å²) in [6.07, 6.45) is 3.62. The highest BCUT2D eigenvalue weighted by atomic mass is 19.2. The van der Waals surface area contributed by atoms with Crippen LogP contribution in [0.4, 0.5) is 8.78 Å². The third-order valence-corrected chi connectivity index (χ3v) is 4.24. The van der Waals surface area contributed by atoms with Gasteiger partial charge >= 0.3 is 0 Å². The van der Waals surface area contributed by atoms with Crippen LogP contribution in [-0.2, 0) is 6.54 Å². The number of nitrogens with zero attached hydrogens (tertiary/aromatic N) is 3. The monoisotopic (exact) mass is 383 g/mol. The molecule has 28 heavy (non-hydrogen) atoms. The first kappa shape index (κ1) is 19.5. The molecular weight excluding hydrogens is 360 g/mol. The number of aliphatic imine (C=N–C) groups is 1. The second-order valence-corrected chi connectivity index (χ2v) is 6.36. The summed E-state index contributed by atoms with van der Waals surface area (Å²) in [6.45, 7) is 4.99. The Kier molecular flexibility index (Phi) is 6.37. The predicted molar refractivity (Wildman–Crippen MR) is 106 cm³/mol. The minimum absolute atomic E-state index is 0.233. The molecule has 0 fully saturated rings. The Bertz CT molecular complexity index is 938. The summed E-state index contributed by atoms with van der Waals surface area (Å²) in [6, 6.07) is 13.5. The summed E-state index contributed by atoms with van der Waals surface area (Å²) < 4.78 is 28.4. The number of hydrogen-bond donors (Lipinski definition) is 2. The van der Waals surface area contributed by atoms with E-state index < -0.39 is 11.6 Å². The Morgan fingerprint density at radius 1 is 1.14 bits per heavy atom. The van der Waals surface area contributed by atoms with E-state index in [4.69, 9.17) is 0 Å². The Labute approximate surface area is 163 Å². The quantitative estimate of drug-likeness (QED) is 0.500. The van der Waals surface area contributed by atoms with Crippen LogP contribution in [0.2, 0.25) is 0 Å². The number of guanidine groups is 1. The van der Waals surface area contributed by atoms with Gasteiger partial charge in [0.1, 0.15) is 0 Å². The average Bonchev–Trinajstić information content (AvgIpc) is 3.23. The molecule has 1 aromatic heterocycles. The molecule has 1 unspecified atom stereocenters. The molecule has 0 bridgehead atoms. The number of halogens is 2. The molecule has 0 aliphatic rings. The number of aromatic nitrogens is 2. The summed E-state index contributed by atoms with van der Waals surface area (Å²) in [5.41, 5.74) is 2.64. The molecule has 5 nitrogen and oxygen atoms in total. The van der Waals surface area contributed by atoms with Gasteiger partial charge in [0.25, 0.3) is 0 Å². The largest absolute Gasteiger partial charge is 0.357 e. The number of hydrogen-bond acceptors (Lipinski definition) is 2. The average molecular weight is 383 g/mol. The maximum absolute atomic E-state index is 13.5. The minimum Gasteiger partial charge on any atom is -0.357 e. The highest BCUT2D eigenvalue weighted by Gasteiger charge is 2.11. The molecule has 1 atom stereocenters. The van der Waals surface area contributed by atoms with Gasteiger partial charge in [-0.05, 0) is 55.3 Å². The van der Waals surface area contributed by atoms with Crippen molar-refractivity contribution in [3.05, 3.63) is 83.7 Å². The zero-order valence-corrected chi connectivity index (χ0v) is 15.9. The van der Waals surface area contributed by atoms with Crippen molar-refractivity contribution < 1.29 is 8.78 Å². The molecule has 3 rings (SSSR count). The molecule has 0 aliphatic carbocycles. The van der Waals surface area contributed by atoms with E-state index in [2.05, 4.69) is 20.7 Å². The van der Waals surface area contributed by atoms with E-state index in [0.717, 1.165) is 17.3 Å². The van der Waals surface area contributed by atoms with Crippen LogP contribution in [0, 0.1) is 11.6 Å². The number of nitrogens with one attached hydrogen (secondary N) is 2. The zero-order chi connectivity index (χ0) is 19.9. The van der Waals surface area contributed by atoms with Crippen LogP contribution in [0.3, 0.4) is 0 Å². The summed E-state index contributed by atoms with van der Waals surface area (Å²) in [4.78, 5) is 4.61. The molecule has 7 heteroatoms. The van der Waals surface area contributed by atoms with E-state index in [1.54, 1.807) is 16.9 Å². The lowest BCUT2D eigenvalue weighted by Crippen LogP contribution is -2.38. The molecule has 0 amide bonds. The van der Waals surface area contributed by atoms with Gasteiger partial charge in [-0.1, -0.05) is 18.2 Å². The van der Waals surface area contributed by atoms with Crippen LogP contribution in [0.15, 0.2) is 65.9 Å².